The van der Waals surface area contributed by atoms with E-state index in [0.717, 1.165) is 13.2 Å². The molecule has 0 N–H and O–H groups in total. The van der Waals surface area contributed by atoms with Crippen LogP contribution in [0.5, 0.6) is 0 Å². The summed E-state index contributed by atoms with van der Waals surface area (Å²) in [6.45, 7) is 8.21. The van der Waals surface area contributed by atoms with Crippen LogP contribution in [0, 0.1) is 0 Å². The Labute approximate surface area is 141 Å². The monoisotopic (exact) mass is 330 g/mol. The first-order valence-corrected chi connectivity index (χ1v) is 10.5. The Morgan fingerprint density at radius 2 is 1.09 bits per heavy atom. The second kappa shape index (κ2) is 21.1. The lowest BCUT2D eigenvalue weighted by molar-refractivity contribution is 0.0355. The van der Waals surface area contributed by atoms with Crippen molar-refractivity contribution < 1.29 is 13.9 Å². The van der Waals surface area contributed by atoms with Crippen LogP contribution in [0.2, 0.25) is 6.04 Å². The molecule has 0 aromatic heterocycles. The molecule has 0 heterocycles. The molecule has 0 rings (SSSR count). The van der Waals surface area contributed by atoms with Gasteiger partial charge in [0.05, 0.1) is 26.4 Å². The molecule has 0 bridgehead atoms. The summed E-state index contributed by atoms with van der Waals surface area (Å²) in [6, 6.07) is 1.21. The number of ether oxygens (including phenoxy) is 2. The Hall–Kier alpha value is 0.0969. The van der Waals surface area contributed by atoms with Crippen LogP contribution in [0.3, 0.4) is 0 Å². The van der Waals surface area contributed by atoms with Crippen molar-refractivity contribution in [2.45, 2.75) is 84.1 Å². The molecule has 3 nitrogen and oxygen atoms in total. The molecule has 0 unspecified atom stereocenters. The minimum absolute atomic E-state index is 0.644. The maximum atomic E-state index is 5.57. The van der Waals surface area contributed by atoms with Gasteiger partial charge in [0.2, 0.25) is 9.76 Å². The summed E-state index contributed by atoms with van der Waals surface area (Å²) in [7, 11) is 0.644. The average Bonchev–Trinajstić information content (AvgIpc) is 2.54. The van der Waals surface area contributed by atoms with E-state index in [2.05, 4.69) is 13.8 Å². The summed E-state index contributed by atoms with van der Waals surface area (Å²) in [5.41, 5.74) is 0. The van der Waals surface area contributed by atoms with E-state index in [-0.39, 0.29) is 0 Å². The molecule has 0 amide bonds. The van der Waals surface area contributed by atoms with Crippen molar-refractivity contribution in [3.8, 4) is 0 Å². The van der Waals surface area contributed by atoms with E-state index in [4.69, 9.17) is 13.9 Å². The SMILES string of the molecule is CCCCCCCCOCCOCCO[Si]CCCCCC. The van der Waals surface area contributed by atoms with E-state index in [1.165, 1.54) is 70.3 Å². The molecule has 0 saturated carbocycles. The van der Waals surface area contributed by atoms with Gasteiger partial charge in [0.1, 0.15) is 0 Å². The van der Waals surface area contributed by atoms with E-state index in [0.29, 0.717) is 29.6 Å². The largest absolute Gasteiger partial charge is 0.415 e. The minimum Gasteiger partial charge on any atom is -0.415 e. The zero-order chi connectivity index (χ0) is 16.1. The van der Waals surface area contributed by atoms with E-state index >= 15 is 0 Å². The van der Waals surface area contributed by atoms with Gasteiger partial charge >= 0.3 is 0 Å². The number of hydrogen-bond donors (Lipinski definition) is 0. The lowest BCUT2D eigenvalue weighted by atomic mass is 10.1. The van der Waals surface area contributed by atoms with Gasteiger partial charge in [-0.3, -0.25) is 0 Å². The standard InChI is InChI=1S/C18H38O3Si/c1-3-5-7-9-10-11-13-19-14-15-20-16-17-21-22-18-12-8-6-4-2/h3-18H2,1-2H3. The first kappa shape index (κ1) is 22.1. The molecule has 0 aromatic carbocycles. The van der Waals surface area contributed by atoms with Gasteiger partial charge < -0.3 is 13.9 Å². The highest BCUT2D eigenvalue weighted by Crippen LogP contribution is 2.04. The summed E-state index contributed by atoms with van der Waals surface area (Å²) in [4.78, 5) is 0. The van der Waals surface area contributed by atoms with Crippen molar-refractivity contribution in [1.29, 1.82) is 0 Å². The van der Waals surface area contributed by atoms with Gasteiger partial charge in [-0.25, -0.2) is 0 Å². The third-order valence-electron chi connectivity index (χ3n) is 3.58. The maximum Gasteiger partial charge on any atom is 0.229 e. The first-order chi connectivity index (χ1) is 10.9. The highest BCUT2D eigenvalue weighted by atomic mass is 28.2. The van der Waals surface area contributed by atoms with Crippen LogP contribution < -0.4 is 0 Å². The van der Waals surface area contributed by atoms with E-state index in [1.54, 1.807) is 0 Å². The molecule has 0 saturated heterocycles. The molecule has 0 aliphatic carbocycles. The zero-order valence-electron chi connectivity index (χ0n) is 15.0. The molecule has 0 fully saturated rings. The quantitative estimate of drug-likeness (QED) is 0.246. The van der Waals surface area contributed by atoms with Crippen LogP contribution in [-0.4, -0.2) is 42.8 Å². The minimum atomic E-state index is 0.644. The second-order valence-electron chi connectivity index (χ2n) is 5.80. The average molecular weight is 331 g/mol. The second-order valence-corrected chi connectivity index (χ2v) is 6.87. The highest BCUT2D eigenvalue weighted by molar-refractivity contribution is 6.26. The summed E-state index contributed by atoms with van der Waals surface area (Å²) < 4.78 is 16.6. The van der Waals surface area contributed by atoms with Crippen molar-refractivity contribution in [1.82, 2.24) is 0 Å². The molecule has 4 heteroatoms. The van der Waals surface area contributed by atoms with Crippen molar-refractivity contribution in [2.75, 3.05) is 33.0 Å². The van der Waals surface area contributed by atoms with Crippen molar-refractivity contribution in [3.05, 3.63) is 0 Å². The highest BCUT2D eigenvalue weighted by Gasteiger charge is 1.95. The van der Waals surface area contributed by atoms with Crippen LogP contribution in [0.1, 0.15) is 78.1 Å². The molecule has 132 valence electrons. The first-order valence-electron chi connectivity index (χ1n) is 9.42. The summed E-state index contributed by atoms with van der Waals surface area (Å²) in [5, 5.41) is 0. The number of unbranched alkanes of at least 4 members (excludes halogenated alkanes) is 8. The third kappa shape index (κ3) is 20.1. The fraction of sp³-hybridized carbons (Fsp3) is 1.00. The van der Waals surface area contributed by atoms with Crippen molar-refractivity contribution in [3.63, 3.8) is 0 Å². The molecule has 0 aliphatic heterocycles. The van der Waals surface area contributed by atoms with Crippen molar-refractivity contribution >= 4 is 9.76 Å². The Morgan fingerprint density at radius 3 is 1.82 bits per heavy atom. The Bertz CT molecular complexity index is 171. The van der Waals surface area contributed by atoms with Gasteiger partial charge in [-0.05, 0) is 12.5 Å². The van der Waals surface area contributed by atoms with Crippen LogP contribution in [-0.2, 0) is 13.9 Å². The number of rotatable bonds is 19. The van der Waals surface area contributed by atoms with Gasteiger partial charge in [0, 0.05) is 6.61 Å². The number of hydrogen-bond acceptors (Lipinski definition) is 3. The fourth-order valence-corrected chi connectivity index (χ4v) is 2.94. The maximum absolute atomic E-state index is 5.57. The lowest BCUT2D eigenvalue weighted by Gasteiger charge is -2.06. The van der Waals surface area contributed by atoms with Crippen LogP contribution in [0.4, 0.5) is 0 Å². The Kier molecular flexibility index (Phi) is 21.2. The van der Waals surface area contributed by atoms with E-state index in [1.807, 2.05) is 0 Å². The molecule has 0 aromatic rings. The zero-order valence-corrected chi connectivity index (χ0v) is 16.0. The van der Waals surface area contributed by atoms with Gasteiger partial charge in [-0.2, -0.15) is 0 Å². The molecule has 0 atom stereocenters. The third-order valence-corrected chi connectivity index (χ3v) is 4.54. The molecule has 0 spiro atoms. The van der Waals surface area contributed by atoms with Gasteiger partial charge in [-0.15, -0.1) is 0 Å². The summed E-state index contributed by atoms with van der Waals surface area (Å²) in [5.74, 6) is 0. The molecular weight excluding hydrogens is 292 g/mol. The lowest BCUT2D eigenvalue weighted by Crippen LogP contribution is -2.11. The predicted octanol–water partition coefficient (Wildman–Crippen LogP) is 5.01. The van der Waals surface area contributed by atoms with Gasteiger partial charge in [0.15, 0.2) is 0 Å². The van der Waals surface area contributed by atoms with E-state index < -0.39 is 0 Å². The van der Waals surface area contributed by atoms with E-state index in [9.17, 15) is 0 Å². The predicted molar refractivity (Wildman–Crippen MR) is 95.7 cm³/mol. The Morgan fingerprint density at radius 1 is 0.545 bits per heavy atom. The van der Waals surface area contributed by atoms with Gasteiger partial charge in [-0.1, -0.05) is 71.6 Å². The molecular formula is C18H38O3Si. The Balaban J connectivity index is 2.91. The van der Waals surface area contributed by atoms with Gasteiger partial charge in [0.25, 0.3) is 0 Å². The molecule has 2 radical (unpaired) electrons. The summed E-state index contributed by atoms with van der Waals surface area (Å²) in [6.07, 6.45) is 13.2. The van der Waals surface area contributed by atoms with Crippen LogP contribution in [0.25, 0.3) is 0 Å². The smallest absolute Gasteiger partial charge is 0.229 e. The van der Waals surface area contributed by atoms with Crippen LogP contribution >= 0.6 is 0 Å². The summed E-state index contributed by atoms with van der Waals surface area (Å²) >= 11 is 0. The van der Waals surface area contributed by atoms with Crippen molar-refractivity contribution in [2.24, 2.45) is 0 Å². The van der Waals surface area contributed by atoms with Crippen LogP contribution in [0.15, 0.2) is 0 Å². The fourth-order valence-electron chi connectivity index (χ4n) is 2.18. The molecule has 0 aliphatic rings. The molecule has 22 heavy (non-hydrogen) atoms. The topological polar surface area (TPSA) is 27.7 Å². The normalized spacial score (nSPS) is 11.2.